The molecule has 5 heteroatoms. The van der Waals surface area contributed by atoms with Gasteiger partial charge in [-0.2, -0.15) is 0 Å². The van der Waals surface area contributed by atoms with Crippen molar-refractivity contribution < 1.29 is 9.53 Å². The summed E-state index contributed by atoms with van der Waals surface area (Å²) in [5.41, 5.74) is 2.59. The molecule has 0 atom stereocenters. The lowest BCUT2D eigenvalue weighted by molar-refractivity contribution is -0.120. The van der Waals surface area contributed by atoms with Gasteiger partial charge >= 0.3 is 0 Å². The van der Waals surface area contributed by atoms with Crippen molar-refractivity contribution in [3.8, 4) is 5.75 Å². The number of carbonyl (C=O) groups is 1. The van der Waals surface area contributed by atoms with Crippen LogP contribution in [0.5, 0.6) is 5.75 Å². The number of thiocarbonyl (C=S) groups is 1. The van der Waals surface area contributed by atoms with E-state index in [2.05, 4.69) is 17.6 Å². The molecule has 154 valence electrons. The molecule has 0 saturated heterocycles. The van der Waals surface area contributed by atoms with Crippen molar-refractivity contribution in [2.75, 3.05) is 11.9 Å². The second kappa shape index (κ2) is 11.1. The van der Waals surface area contributed by atoms with Crippen LogP contribution in [0.4, 0.5) is 5.69 Å². The monoisotopic (exact) mass is 418 g/mol. The van der Waals surface area contributed by atoms with Crippen LogP contribution in [0, 0.1) is 0 Å². The number of hydrogen-bond acceptors (Lipinski definition) is 3. The van der Waals surface area contributed by atoms with E-state index in [-0.39, 0.29) is 11.0 Å². The number of anilines is 1. The Morgan fingerprint density at radius 2 is 1.57 bits per heavy atom. The zero-order valence-electron chi connectivity index (χ0n) is 17.0. The number of unbranched alkanes of at least 4 members (excludes halogenated alkanes) is 1. The standard InChI is InChI=1S/C25H26N2O2S/c1-2-3-17-29-22-16-10-15-21(18-22)26-25(30)27-24(28)23(19-11-6-4-7-12-19)20-13-8-5-9-14-20/h4-16,18,23H,2-3,17H2,1H3,(H2,26,27,28,30). The first kappa shape index (κ1) is 21.5. The summed E-state index contributed by atoms with van der Waals surface area (Å²) in [6, 6.07) is 26.9. The SMILES string of the molecule is CCCCOc1cccc(NC(=S)NC(=O)C(c2ccccc2)c2ccccc2)c1. The maximum atomic E-state index is 13.1. The van der Waals surface area contributed by atoms with Gasteiger partial charge in [-0.1, -0.05) is 80.1 Å². The van der Waals surface area contributed by atoms with Crippen LogP contribution < -0.4 is 15.4 Å². The minimum absolute atomic E-state index is 0.180. The van der Waals surface area contributed by atoms with Gasteiger partial charge in [0.1, 0.15) is 5.75 Å². The molecule has 3 rings (SSSR count). The van der Waals surface area contributed by atoms with Crippen molar-refractivity contribution >= 4 is 28.9 Å². The van der Waals surface area contributed by atoms with Crippen molar-refractivity contribution in [1.82, 2.24) is 5.32 Å². The molecule has 0 aliphatic heterocycles. The van der Waals surface area contributed by atoms with Crippen LogP contribution >= 0.6 is 12.2 Å². The molecular formula is C25H26N2O2S. The number of benzene rings is 3. The molecule has 4 nitrogen and oxygen atoms in total. The summed E-state index contributed by atoms with van der Waals surface area (Å²) >= 11 is 5.40. The quantitative estimate of drug-likeness (QED) is 0.374. The number of hydrogen-bond donors (Lipinski definition) is 2. The number of nitrogens with one attached hydrogen (secondary N) is 2. The maximum absolute atomic E-state index is 13.1. The largest absolute Gasteiger partial charge is 0.494 e. The lowest BCUT2D eigenvalue weighted by atomic mass is 9.90. The summed E-state index contributed by atoms with van der Waals surface area (Å²) in [5.74, 6) is 0.144. The van der Waals surface area contributed by atoms with Gasteiger partial charge in [0.05, 0.1) is 12.5 Å². The molecule has 3 aromatic carbocycles. The molecule has 3 aromatic rings. The van der Waals surface area contributed by atoms with Gasteiger partial charge < -0.3 is 15.4 Å². The number of rotatable bonds is 8. The Balaban J connectivity index is 1.69. The first-order valence-corrected chi connectivity index (χ1v) is 10.5. The minimum atomic E-state index is -0.448. The fourth-order valence-electron chi connectivity index (χ4n) is 3.13. The van der Waals surface area contributed by atoms with E-state index < -0.39 is 5.92 Å². The smallest absolute Gasteiger partial charge is 0.238 e. The molecule has 0 saturated carbocycles. The summed E-state index contributed by atoms with van der Waals surface area (Å²) in [5, 5.41) is 6.17. The zero-order valence-corrected chi connectivity index (χ0v) is 17.8. The van der Waals surface area contributed by atoms with Crippen molar-refractivity contribution in [3.05, 3.63) is 96.1 Å². The fraction of sp³-hybridized carbons (Fsp3) is 0.200. The lowest BCUT2D eigenvalue weighted by Gasteiger charge is -2.19. The molecule has 30 heavy (non-hydrogen) atoms. The minimum Gasteiger partial charge on any atom is -0.494 e. The van der Waals surface area contributed by atoms with Crippen molar-refractivity contribution in [2.24, 2.45) is 0 Å². The molecule has 0 heterocycles. The average Bonchev–Trinajstić information content (AvgIpc) is 2.76. The average molecular weight is 419 g/mol. The highest BCUT2D eigenvalue weighted by atomic mass is 32.1. The second-order valence-corrected chi connectivity index (χ2v) is 7.34. The molecule has 0 spiro atoms. The van der Waals surface area contributed by atoms with Crippen LogP contribution in [0.3, 0.4) is 0 Å². The van der Waals surface area contributed by atoms with Gasteiger partial charge in [0.2, 0.25) is 5.91 Å². The van der Waals surface area contributed by atoms with Gasteiger partial charge in [-0.15, -0.1) is 0 Å². The van der Waals surface area contributed by atoms with Crippen LogP contribution in [0.25, 0.3) is 0 Å². The first-order valence-electron chi connectivity index (χ1n) is 10.1. The first-order chi connectivity index (χ1) is 14.7. The Hall–Kier alpha value is -3.18. The molecule has 0 aromatic heterocycles. The summed E-state index contributed by atoms with van der Waals surface area (Å²) in [7, 11) is 0. The molecule has 0 radical (unpaired) electrons. The molecule has 0 fully saturated rings. The summed E-state index contributed by atoms with van der Waals surface area (Å²) in [6.45, 7) is 2.80. The van der Waals surface area contributed by atoms with E-state index >= 15 is 0 Å². The number of carbonyl (C=O) groups excluding carboxylic acids is 1. The van der Waals surface area contributed by atoms with Gasteiger partial charge in [0.15, 0.2) is 5.11 Å². The van der Waals surface area contributed by atoms with Gasteiger partial charge in [-0.25, -0.2) is 0 Å². The Labute approximate surface area is 183 Å². The summed E-state index contributed by atoms with van der Waals surface area (Å²) in [6.07, 6.45) is 2.09. The number of ether oxygens (including phenoxy) is 1. The van der Waals surface area contributed by atoms with Crippen LogP contribution in [-0.2, 0) is 4.79 Å². The van der Waals surface area contributed by atoms with Gasteiger partial charge in [0, 0.05) is 11.8 Å². The van der Waals surface area contributed by atoms with E-state index in [9.17, 15) is 4.79 Å². The highest BCUT2D eigenvalue weighted by molar-refractivity contribution is 7.80. The molecule has 0 bridgehead atoms. The number of amides is 1. The van der Waals surface area contributed by atoms with Crippen LogP contribution in [0.2, 0.25) is 0 Å². The molecule has 0 aliphatic rings. The highest BCUT2D eigenvalue weighted by Crippen LogP contribution is 2.25. The summed E-state index contributed by atoms with van der Waals surface area (Å²) in [4.78, 5) is 13.1. The van der Waals surface area contributed by atoms with Gasteiger partial charge in [-0.3, -0.25) is 4.79 Å². The molecule has 2 N–H and O–H groups in total. The third-order valence-electron chi connectivity index (χ3n) is 4.62. The third kappa shape index (κ3) is 6.16. The molecule has 1 amide bonds. The predicted octanol–water partition coefficient (Wildman–Crippen LogP) is 5.51. The van der Waals surface area contributed by atoms with Gasteiger partial charge in [-0.05, 0) is 41.9 Å². The molecule has 0 unspecified atom stereocenters. The van der Waals surface area contributed by atoms with E-state index in [0.29, 0.717) is 6.61 Å². The lowest BCUT2D eigenvalue weighted by Crippen LogP contribution is -2.37. The highest BCUT2D eigenvalue weighted by Gasteiger charge is 2.23. The molecular weight excluding hydrogens is 392 g/mol. The topological polar surface area (TPSA) is 50.4 Å². The maximum Gasteiger partial charge on any atom is 0.238 e. The van der Waals surface area contributed by atoms with Crippen molar-refractivity contribution in [1.29, 1.82) is 0 Å². The van der Waals surface area contributed by atoms with E-state index in [1.165, 1.54) is 0 Å². The van der Waals surface area contributed by atoms with Crippen LogP contribution in [0.1, 0.15) is 36.8 Å². The Morgan fingerprint density at radius 3 is 2.17 bits per heavy atom. The Bertz CT molecular complexity index is 922. The van der Waals surface area contributed by atoms with Crippen LogP contribution in [-0.4, -0.2) is 17.6 Å². The van der Waals surface area contributed by atoms with Gasteiger partial charge in [0.25, 0.3) is 0 Å². The van der Waals surface area contributed by atoms with E-state index in [1.54, 1.807) is 0 Å². The molecule has 0 aliphatic carbocycles. The normalized spacial score (nSPS) is 10.5. The second-order valence-electron chi connectivity index (χ2n) is 6.93. The van der Waals surface area contributed by atoms with E-state index in [0.717, 1.165) is 35.4 Å². The van der Waals surface area contributed by atoms with Crippen molar-refractivity contribution in [3.63, 3.8) is 0 Å². The van der Waals surface area contributed by atoms with E-state index in [4.69, 9.17) is 17.0 Å². The summed E-state index contributed by atoms with van der Waals surface area (Å²) < 4.78 is 5.73. The fourth-order valence-corrected chi connectivity index (χ4v) is 3.35. The van der Waals surface area contributed by atoms with Crippen LogP contribution in [0.15, 0.2) is 84.9 Å². The Kier molecular flexibility index (Phi) is 7.98. The van der Waals surface area contributed by atoms with Crippen molar-refractivity contribution in [2.45, 2.75) is 25.7 Å². The van der Waals surface area contributed by atoms with E-state index in [1.807, 2.05) is 84.9 Å². The third-order valence-corrected chi connectivity index (χ3v) is 4.83. The Morgan fingerprint density at radius 1 is 0.933 bits per heavy atom. The predicted molar refractivity (Wildman–Crippen MR) is 126 cm³/mol. The zero-order chi connectivity index (χ0) is 21.2.